The average Bonchev–Trinajstić information content (AvgIpc) is 2.72. The number of methoxy groups -OCH3 is 3. The summed E-state index contributed by atoms with van der Waals surface area (Å²) in [5.41, 5.74) is 0.730. The lowest BCUT2D eigenvalue weighted by molar-refractivity contribution is -0.117. The van der Waals surface area contributed by atoms with Crippen molar-refractivity contribution in [3.05, 3.63) is 42.0 Å². The predicted octanol–water partition coefficient (Wildman–Crippen LogP) is 2.22. The fourth-order valence-corrected chi connectivity index (χ4v) is 3.83. The molecule has 0 aliphatic rings. The molecule has 0 fully saturated rings. The van der Waals surface area contributed by atoms with Crippen LogP contribution < -0.4 is 24.2 Å². The summed E-state index contributed by atoms with van der Waals surface area (Å²) < 4.78 is 43.1. The molecule has 1 unspecified atom stereocenters. The summed E-state index contributed by atoms with van der Waals surface area (Å²) in [5, 5.41) is 2.61. The normalized spacial score (nSPS) is 12.0. The summed E-state index contributed by atoms with van der Waals surface area (Å²) in [7, 11) is 0.373. The van der Waals surface area contributed by atoms with Crippen molar-refractivity contribution >= 4 is 27.4 Å². The minimum atomic E-state index is -3.97. The van der Waals surface area contributed by atoms with Gasteiger partial charge in [0, 0.05) is 23.4 Å². The number of Topliss-reactive ketones (excluding diaryl/α,β-unsaturated/α-hetero) is 1. The highest BCUT2D eigenvalue weighted by Crippen LogP contribution is 2.39. The maximum Gasteiger partial charge on any atom is 0.242 e. The molecule has 9 nitrogen and oxygen atoms in total. The van der Waals surface area contributed by atoms with Crippen LogP contribution in [0.15, 0.2) is 41.3 Å². The standard InChI is InChI=1S/C20H24N2O7S/c1-12(22-30(25,26)16-8-6-14(7-9-16)13(2)23)20(24)21-15-10-17(27-3)19(29-5)18(11-15)28-4/h6-12,22H,1-5H3,(H,21,24). The fraction of sp³-hybridized carbons (Fsp3) is 0.300. The largest absolute Gasteiger partial charge is 0.493 e. The quantitative estimate of drug-likeness (QED) is 0.578. The van der Waals surface area contributed by atoms with Gasteiger partial charge in [-0.15, -0.1) is 0 Å². The maximum atomic E-state index is 12.5. The van der Waals surface area contributed by atoms with Crippen LogP contribution in [0.1, 0.15) is 24.2 Å². The Morgan fingerprint density at radius 2 is 1.47 bits per heavy atom. The lowest BCUT2D eigenvalue weighted by Gasteiger charge is -2.17. The van der Waals surface area contributed by atoms with Gasteiger partial charge in [-0.2, -0.15) is 4.72 Å². The van der Waals surface area contributed by atoms with Crippen molar-refractivity contribution in [1.29, 1.82) is 0 Å². The van der Waals surface area contributed by atoms with E-state index in [-0.39, 0.29) is 10.7 Å². The zero-order chi connectivity index (χ0) is 22.5. The Morgan fingerprint density at radius 3 is 1.90 bits per heavy atom. The smallest absolute Gasteiger partial charge is 0.242 e. The molecule has 2 aromatic rings. The third kappa shape index (κ3) is 5.28. The molecule has 10 heteroatoms. The number of anilines is 1. The predicted molar refractivity (Wildman–Crippen MR) is 111 cm³/mol. The second-order valence-corrected chi connectivity index (χ2v) is 8.04. The molecule has 162 valence electrons. The van der Waals surface area contributed by atoms with Crippen LogP contribution in [0.5, 0.6) is 17.2 Å². The van der Waals surface area contributed by atoms with Crippen LogP contribution in [-0.2, 0) is 14.8 Å². The number of ketones is 1. The molecule has 1 atom stereocenters. The lowest BCUT2D eigenvalue weighted by atomic mass is 10.2. The topological polar surface area (TPSA) is 120 Å². The highest BCUT2D eigenvalue weighted by Gasteiger charge is 2.23. The van der Waals surface area contributed by atoms with Gasteiger partial charge in [-0.05, 0) is 26.0 Å². The Hall–Kier alpha value is -3.11. The van der Waals surface area contributed by atoms with E-state index in [1.807, 2.05) is 0 Å². The maximum absolute atomic E-state index is 12.5. The number of amides is 1. The number of carbonyl (C=O) groups is 2. The Kier molecular flexibility index (Phi) is 7.41. The highest BCUT2D eigenvalue weighted by molar-refractivity contribution is 7.89. The van der Waals surface area contributed by atoms with Gasteiger partial charge in [0.1, 0.15) is 0 Å². The summed E-state index contributed by atoms with van der Waals surface area (Å²) >= 11 is 0. The first-order valence-corrected chi connectivity index (χ1v) is 10.4. The molecular formula is C20H24N2O7S. The van der Waals surface area contributed by atoms with Crippen LogP contribution in [0, 0.1) is 0 Å². The van der Waals surface area contributed by atoms with Crippen molar-refractivity contribution in [2.45, 2.75) is 24.8 Å². The van der Waals surface area contributed by atoms with Crippen LogP contribution in [-0.4, -0.2) is 47.5 Å². The van der Waals surface area contributed by atoms with Gasteiger partial charge in [-0.25, -0.2) is 8.42 Å². The van der Waals surface area contributed by atoms with E-state index in [1.54, 1.807) is 0 Å². The van der Waals surface area contributed by atoms with Gasteiger partial charge in [0.15, 0.2) is 17.3 Å². The van der Waals surface area contributed by atoms with Gasteiger partial charge >= 0.3 is 0 Å². The van der Waals surface area contributed by atoms with Crippen molar-refractivity contribution in [3.8, 4) is 17.2 Å². The monoisotopic (exact) mass is 436 g/mol. The van der Waals surface area contributed by atoms with Crippen molar-refractivity contribution in [1.82, 2.24) is 4.72 Å². The molecule has 0 radical (unpaired) electrons. The molecule has 0 bridgehead atoms. The number of hydrogen-bond acceptors (Lipinski definition) is 7. The van der Waals surface area contributed by atoms with E-state index >= 15 is 0 Å². The number of rotatable bonds is 9. The Morgan fingerprint density at radius 1 is 0.933 bits per heavy atom. The minimum Gasteiger partial charge on any atom is -0.493 e. The Balaban J connectivity index is 2.17. The van der Waals surface area contributed by atoms with Crippen LogP contribution >= 0.6 is 0 Å². The molecule has 0 aliphatic heterocycles. The zero-order valence-corrected chi connectivity index (χ0v) is 18.1. The molecule has 0 spiro atoms. The molecule has 0 aliphatic carbocycles. The molecule has 0 heterocycles. The van der Waals surface area contributed by atoms with Crippen molar-refractivity contribution < 1.29 is 32.2 Å². The number of nitrogens with one attached hydrogen (secondary N) is 2. The SMILES string of the molecule is COc1cc(NC(=O)C(C)NS(=O)(=O)c2ccc(C(C)=O)cc2)cc(OC)c1OC. The zero-order valence-electron chi connectivity index (χ0n) is 17.3. The molecule has 0 saturated carbocycles. The highest BCUT2D eigenvalue weighted by atomic mass is 32.2. The average molecular weight is 436 g/mol. The summed E-state index contributed by atoms with van der Waals surface area (Å²) in [6.07, 6.45) is 0. The van der Waals surface area contributed by atoms with Gasteiger partial charge < -0.3 is 19.5 Å². The Bertz CT molecular complexity index is 1010. The summed E-state index contributed by atoms with van der Waals surface area (Å²) in [6.45, 7) is 2.80. The molecule has 0 saturated heterocycles. The molecule has 2 N–H and O–H groups in total. The summed E-state index contributed by atoms with van der Waals surface area (Å²) in [5.74, 6) is 0.274. The number of ether oxygens (including phenoxy) is 3. The van der Waals surface area contributed by atoms with Gasteiger partial charge in [0.2, 0.25) is 21.7 Å². The minimum absolute atomic E-state index is 0.0556. The van der Waals surface area contributed by atoms with Crippen LogP contribution in [0.3, 0.4) is 0 Å². The third-order valence-corrected chi connectivity index (χ3v) is 5.79. The third-order valence-electron chi connectivity index (χ3n) is 4.23. The van der Waals surface area contributed by atoms with Crippen LogP contribution in [0.25, 0.3) is 0 Å². The van der Waals surface area contributed by atoms with E-state index in [1.165, 1.54) is 71.6 Å². The summed E-state index contributed by atoms with van der Waals surface area (Å²) in [4.78, 5) is 23.8. The van der Waals surface area contributed by atoms with Crippen LogP contribution in [0.4, 0.5) is 5.69 Å². The Labute approximate surface area is 175 Å². The second-order valence-electron chi connectivity index (χ2n) is 6.33. The van der Waals surface area contributed by atoms with Crippen LogP contribution in [0.2, 0.25) is 0 Å². The lowest BCUT2D eigenvalue weighted by Crippen LogP contribution is -2.41. The first-order chi connectivity index (χ1) is 14.1. The van der Waals surface area contributed by atoms with Gasteiger partial charge in [0.05, 0.1) is 32.3 Å². The van der Waals surface area contributed by atoms with E-state index in [9.17, 15) is 18.0 Å². The molecule has 0 aromatic heterocycles. The van der Waals surface area contributed by atoms with Crippen molar-refractivity contribution in [3.63, 3.8) is 0 Å². The molecule has 30 heavy (non-hydrogen) atoms. The van der Waals surface area contributed by atoms with E-state index in [0.717, 1.165) is 0 Å². The fourth-order valence-electron chi connectivity index (χ4n) is 2.63. The summed E-state index contributed by atoms with van der Waals surface area (Å²) in [6, 6.07) is 7.42. The molecular weight excluding hydrogens is 412 g/mol. The van der Waals surface area contributed by atoms with E-state index in [2.05, 4.69) is 10.0 Å². The van der Waals surface area contributed by atoms with E-state index in [4.69, 9.17) is 14.2 Å². The van der Waals surface area contributed by atoms with Gasteiger partial charge in [-0.1, -0.05) is 12.1 Å². The van der Waals surface area contributed by atoms with E-state index < -0.39 is 22.0 Å². The first-order valence-electron chi connectivity index (χ1n) is 8.87. The molecule has 2 aromatic carbocycles. The molecule has 2 rings (SSSR count). The first kappa shape index (κ1) is 23.2. The number of hydrogen-bond donors (Lipinski definition) is 2. The second kappa shape index (κ2) is 9.59. The number of carbonyl (C=O) groups excluding carboxylic acids is 2. The van der Waals surface area contributed by atoms with Crippen molar-refractivity contribution in [2.24, 2.45) is 0 Å². The number of sulfonamides is 1. The van der Waals surface area contributed by atoms with E-state index in [0.29, 0.717) is 28.5 Å². The number of benzene rings is 2. The van der Waals surface area contributed by atoms with Gasteiger partial charge in [0.25, 0.3) is 0 Å². The van der Waals surface area contributed by atoms with Crippen molar-refractivity contribution in [2.75, 3.05) is 26.6 Å². The molecule has 1 amide bonds. The van der Waals surface area contributed by atoms with Gasteiger partial charge in [-0.3, -0.25) is 9.59 Å².